The maximum Gasteiger partial charge on any atom is 0.254 e. The molecule has 4 heteroatoms. The number of benzene rings is 2. The molecule has 2 aromatic carbocycles. The molecule has 1 saturated heterocycles. The van der Waals surface area contributed by atoms with Crippen LogP contribution in [0.15, 0.2) is 42.5 Å². The number of nitrogens with zero attached hydrogens (tertiary/aromatic N) is 1. The summed E-state index contributed by atoms with van der Waals surface area (Å²) in [5, 5.41) is 9.06. The van der Waals surface area contributed by atoms with Crippen LogP contribution in [0.2, 0.25) is 0 Å². The number of carbonyl (C=O) groups is 1. The zero-order valence-electron chi connectivity index (χ0n) is 12.3. The first-order valence-corrected chi connectivity index (χ1v) is 7.44. The second kappa shape index (κ2) is 6.30. The van der Waals surface area contributed by atoms with Crippen LogP contribution in [-0.2, 0) is 6.61 Å². The van der Waals surface area contributed by atoms with Crippen molar-refractivity contribution in [3.63, 3.8) is 0 Å². The summed E-state index contributed by atoms with van der Waals surface area (Å²) in [6, 6.07) is 16.4. The zero-order valence-corrected chi connectivity index (χ0v) is 12.3. The number of hydrogen-bond acceptors (Lipinski definition) is 3. The Bertz CT molecular complexity index is 650. The minimum atomic E-state index is -0.00451. The van der Waals surface area contributed by atoms with Crippen LogP contribution in [0.3, 0.4) is 0 Å². The molecule has 0 unspecified atom stereocenters. The summed E-state index contributed by atoms with van der Waals surface area (Å²) in [6.45, 7) is 1.38. The van der Waals surface area contributed by atoms with Gasteiger partial charge in [-0.05, 0) is 41.3 Å². The van der Waals surface area contributed by atoms with Gasteiger partial charge in [0.25, 0.3) is 5.91 Å². The summed E-state index contributed by atoms with van der Waals surface area (Å²) >= 11 is 0. The monoisotopic (exact) mass is 295 g/mol. The lowest BCUT2D eigenvalue weighted by atomic mass is 10.0. The van der Waals surface area contributed by atoms with Gasteiger partial charge in [0.2, 0.25) is 0 Å². The summed E-state index contributed by atoms with van der Waals surface area (Å²) in [5.74, 6) is -0.00451. The van der Waals surface area contributed by atoms with Crippen LogP contribution in [-0.4, -0.2) is 35.0 Å². The number of rotatable bonds is 3. The van der Waals surface area contributed by atoms with Crippen molar-refractivity contribution in [3.8, 4) is 11.1 Å². The van der Waals surface area contributed by atoms with Crippen molar-refractivity contribution in [2.45, 2.75) is 19.1 Å². The molecule has 4 nitrogen and oxygen atoms in total. The molecule has 22 heavy (non-hydrogen) atoms. The molecule has 3 N–H and O–H groups in total. The van der Waals surface area contributed by atoms with Gasteiger partial charge in [0, 0.05) is 24.7 Å². The quantitative estimate of drug-likeness (QED) is 0.907. The predicted molar refractivity (Wildman–Crippen MR) is 85.1 cm³/mol. The van der Waals surface area contributed by atoms with Gasteiger partial charge in [0.1, 0.15) is 0 Å². The third-order valence-corrected chi connectivity index (χ3v) is 4.02. The zero-order chi connectivity index (χ0) is 15.5. The standard InChI is InChI=1S/C18H19N2O2/c19-17-9-10-20(11-17)18(22)16-7-5-15(6-8-16)14-3-1-13(12-21)2-4-14/h1-7,17,21H,9-12,19H2/t17-/m0/s1. The molecule has 0 aromatic heterocycles. The molecule has 113 valence electrons. The van der Waals surface area contributed by atoms with E-state index in [9.17, 15) is 4.79 Å². The van der Waals surface area contributed by atoms with Gasteiger partial charge >= 0.3 is 0 Å². The fraction of sp³-hybridized carbons (Fsp3) is 0.278. The second-order valence-electron chi connectivity index (χ2n) is 5.65. The first-order chi connectivity index (χ1) is 10.7. The van der Waals surface area contributed by atoms with E-state index in [0.29, 0.717) is 12.1 Å². The number of aliphatic hydroxyl groups is 1. The SMILES string of the molecule is N[C@H]1CCN(C(=O)c2[c]cc(-c3ccc(CO)cc3)cc2)C1. The lowest BCUT2D eigenvalue weighted by Crippen LogP contribution is -2.31. The van der Waals surface area contributed by atoms with Gasteiger partial charge in [-0.1, -0.05) is 30.3 Å². The highest BCUT2D eigenvalue weighted by Gasteiger charge is 2.24. The molecule has 1 fully saturated rings. The van der Waals surface area contributed by atoms with E-state index in [2.05, 4.69) is 6.07 Å². The van der Waals surface area contributed by atoms with Crippen molar-refractivity contribution < 1.29 is 9.90 Å². The van der Waals surface area contributed by atoms with E-state index in [1.165, 1.54) is 0 Å². The minimum absolute atomic E-state index is 0.00451. The first kappa shape index (κ1) is 14.8. The molecule has 1 heterocycles. The van der Waals surface area contributed by atoms with Gasteiger partial charge in [-0.2, -0.15) is 0 Å². The van der Waals surface area contributed by atoms with Crippen LogP contribution in [0, 0.1) is 6.07 Å². The number of nitrogens with two attached hydrogens (primary N) is 1. The largest absolute Gasteiger partial charge is 0.392 e. The number of likely N-dealkylation sites (tertiary alicyclic amines) is 1. The topological polar surface area (TPSA) is 66.6 Å². The van der Waals surface area contributed by atoms with Crippen LogP contribution >= 0.6 is 0 Å². The van der Waals surface area contributed by atoms with E-state index < -0.39 is 0 Å². The summed E-state index contributed by atoms with van der Waals surface area (Å²) < 4.78 is 0. The van der Waals surface area contributed by atoms with E-state index in [1.807, 2.05) is 42.5 Å². The minimum Gasteiger partial charge on any atom is -0.392 e. The third kappa shape index (κ3) is 3.03. The average Bonchev–Trinajstić information content (AvgIpc) is 3.01. The van der Waals surface area contributed by atoms with Crippen molar-refractivity contribution in [1.29, 1.82) is 0 Å². The Balaban J connectivity index is 1.75. The molecule has 1 amide bonds. The molecule has 0 spiro atoms. The first-order valence-electron chi connectivity index (χ1n) is 7.44. The van der Waals surface area contributed by atoms with Crippen LogP contribution in [0.25, 0.3) is 11.1 Å². The molecule has 3 rings (SSSR count). The van der Waals surface area contributed by atoms with E-state index >= 15 is 0 Å². The maximum atomic E-state index is 12.3. The summed E-state index contributed by atoms with van der Waals surface area (Å²) in [5.41, 5.74) is 9.33. The van der Waals surface area contributed by atoms with Crippen molar-refractivity contribution >= 4 is 5.91 Å². The summed E-state index contributed by atoms with van der Waals surface area (Å²) in [4.78, 5) is 14.1. The maximum absolute atomic E-state index is 12.3. The van der Waals surface area contributed by atoms with Crippen molar-refractivity contribution in [2.24, 2.45) is 5.73 Å². The Morgan fingerprint density at radius 3 is 2.50 bits per heavy atom. The van der Waals surface area contributed by atoms with Gasteiger partial charge in [0.15, 0.2) is 0 Å². The van der Waals surface area contributed by atoms with Crippen LogP contribution < -0.4 is 5.73 Å². The number of amides is 1. The van der Waals surface area contributed by atoms with Crippen LogP contribution in [0.1, 0.15) is 22.3 Å². The molecule has 1 atom stereocenters. The Kier molecular flexibility index (Phi) is 4.22. The smallest absolute Gasteiger partial charge is 0.254 e. The summed E-state index contributed by atoms with van der Waals surface area (Å²) in [7, 11) is 0. The molecule has 0 aliphatic carbocycles. The van der Waals surface area contributed by atoms with E-state index in [4.69, 9.17) is 10.8 Å². The Labute approximate surface area is 130 Å². The normalized spacial score (nSPS) is 17.7. The molecule has 0 saturated carbocycles. The molecule has 1 aliphatic rings. The highest BCUT2D eigenvalue weighted by molar-refractivity contribution is 5.94. The number of aliphatic hydroxyl groups excluding tert-OH is 1. The molecule has 2 aromatic rings. The van der Waals surface area contributed by atoms with E-state index in [0.717, 1.165) is 29.7 Å². The lowest BCUT2D eigenvalue weighted by molar-refractivity contribution is 0.0790. The van der Waals surface area contributed by atoms with Gasteiger partial charge in [0.05, 0.1) is 6.61 Å². The molecule has 1 radical (unpaired) electrons. The van der Waals surface area contributed by atoms with Gasteiger partial charge in [-0.3, -0.25) is 4.79 Å². The third-order valence-electron chi connectivity index (χ3n) is 4.02. The summed E-state index contributed by atoms with van der Waals surface area (Å²) in [6.07, 6.45) is 0.862. The van der Waals surface area contributed by atoms with Crippen LogP contribution in [0.4, 0.5) is 0 Å². The lowest BCUT2D eigenvalue weighted by Gasteiger charge is -2.15. The van der Waals surface area contributed by atoms with Crippen molar-refractivity contribution in [2.75, 3.05) is 13.1 Å². The molecule has 1 aliphatic heterocycles. The van der Waals surface area contributed by atoms with Gasteiger partial charge in [-0.15, -0.1) is 0 Å². The average molecular weight is 295 g/mol. The fourth-order valence-corrected chi connectivity index (χ4v) is 2.68. The van der Waals surface area contributed by atoms with Gasteiger partial charge in [-0.25, -0.2) is 0 Å². The second-order valence-corrected chi connectivity index (χ2v) is 5.65. The Morgan fingerprint density at radius 1 is 1.23 bits per heavy atom. The van der Waals surface area contributed by atoms with E-state index in [-0.39, 0.29) is 18.6 Å². The van der Waals surface area contributed by atoms with Crippen molar-refractivity contribution in [1.82, 2.24) is 4.90 Å². The van der Waals surface area contributed by atoms with Gasteiger partial charge < -0.3 is 15.7 Å². The Morgan fingerprint density at radius 2 is 1.95 bits per heavy atom. The highest BCUT2D eigenvalue weighted by Crippen LogP contribution is 2.21. The number of hydrogen-bond donors (Lipinski definition) is 2. The Hall–Kier alpha value is -2.17. The van der Waals surface area contributed by atoms with E-state index in [1.54, 1.807) is 4.90 Å². The number of carbonyl (C=O) groups excluding carboxylic acids is 1. The molecule has 0 bridgehead atoms. The predicted octanol–water partition coefficient (Wildman–Crippen LogP) is 1.82. The van der Waals surface area contributed by atoms with Crippen molar-refractivity contribution in [3.05, 3.63) is 59.7 Å². The molecular weight excluding hydrogens is 276 g/mol. The van der Waals surface area contributed by atoms with Crippen LogP contribution in [0.5, 0.6) is 0 Å². The highest BCUT2D eigenvalue weighted by atomic mass is 16.3. The fourth-order valence-electron chi connectivity index (χ4n) is 2.68. The molecular formula is C18H19N2O2.